The van der Waals surface area contributed by atoms with Crippen LogP contribution in [0.25, 0.3) is 0 Å². The third-order valence-electron chi connectivity index (χ3n) is 4.86. The summed E-state index contributed by atoms with van der Waals surface area (Å²) in [5.41, 5.74) is 8.63. The minimum atomic E-state index is 0.608. The maximum Gasteiger partial charge on any atom is 0.0392 e. The fourth-order valence-corrected chi connectivity index (χ4v) is 4.19. The van der Waals surface area contributed by atoms with Crippen molar-refractivity contribution in [2.24, 2.45) is 17.6 Å². The average Bonchev–Trinajstić information content (AvgIpc) is 2.61. The van der Waals surface area contributed by atoms with Gasteiger partial charge in [-0.1, -0.05) is 69.9 Å². The summed E-state index contributed by atoms with van der Waals surface area (Å²) in [6.07, 6.45) is 12.2. The van der Waals surface area contributed by atoms with Crippen molar-refractivity contribution in [1.29, 1.82) is 0 Å². The molecule has 2 heteroatoms. The van der Waals surface area contributed by atoms with Crippen molar-refractivity contribution in [2.45, 2.75) is 65.2 Å². The predicted octanol–water partition coefficient (Wildman–Crippen LogP) is 6.22. The molecule has 0 fully saturated rings. The molecule has 136 valence electrons. The van der Waals surface area contributed by atoms with Gasteiger partial charge in [0.25, 0.3) is 0 Å². The molecular formula is C22H37NS. The molecule has 0 aromatic heterocycles. The third kappa shape index (κ3) is 8.39. The minimum absolute atomic E-state index is 0.608. The quantitative estimate of drug-likeness (QED) is 0.245. The van der Waals surface area contributed by atoms with Crippen molar-refractivity contribution in [3.8, 4) is 0 Å². The Morgan fingerprint density at radius 2 is 1.67 bits per heavy atom. The number of rotatable bonds is 14. The minimum Gasteiger partial charge on any atom is -0.322 e. The van der Waals surface area contributed by atoms with Gasteiger partial charge < -0.3 is 5.73 Å². The van der Waals surface area contributed by atoms with Crippen molar-refractivity contribution in [1.82, 2.24) is 0 Å². The van der Waals surface area contributed by atoms with Crippen molar-refractivity contribution < 1.29 is 0 Å². The van der Waals surface area contributed by atoms with Gasteiger partial charge in [-0.05, 0) is 54.4 Å². The molecule has 0 saturated carbocycles. The average molecular weight is 348 g/mol. The van der Waals surface area contributed by atoms with E-state index in [-0.39, 0.29) is 0 Å². The van der Waals surface area contributed by atoms with Gasteiger partial charge in [-0.2, -0.15) is 0 Å². The van der Waals surface area contributed by atoms with Crippen LogP contribution in [-0.2, 0) is 12.8 Å². The van der Waals surface area contributed by atoms with Crippen LogP contribution in [-0.4, -0.2) is 11.6 Å². The normalized spacial score (nSPS) is 13.6. The molecule has 0 spiro atoms. The van der Waals surface area contributed by atoms with E-state index in [0.29, 0.717) is 5.92 Å². The molecule has 0 amide bonds. The van der Waals surface area contributed by atoms with Crippen molar-refractivity contribution in [3.63, 3.8) is 0 Å². The summed E-state index contributed by atoms with van der Waals surface area (Å²) in [6, 6.07) is 9.22. The molecule has 2 unspecified atom stereocenters. The van der Waals surface area contributed by atoms with Gasteiger partial charge in [0.2, 0.25) is 0 Å². The SMILES string of the molecule is C=CC(CCc1ccc(CCC)cc1)C(CCCCC)CSCN. The molecular weight excluding hydrogens is 310 g/mol. The van der Waals surface area contributed by atoms with Crippen LogP contribution < -0.4 is 5.73 Å². The van der Waals surface area contributed by atoms with E-state index in [1.807, 2.05) is 11.8 Å². The Kier molecular flexibility index (Phi) is 12.0. The lowest BCUT2D eigenvalue weighted by Gasteiger charge is -2.24. The molecule has 2 atom stereocenters. The van der Waals surface area contributed by atoms with E-state index in [2.05, 4.69) is 50.8 Å². The number of hydrogen-bond donors (Lipinski definition) is 1. The standard InChI is InChI=1S/C22H37NS/c1-4-7-8-10-22(17-24-18-23)21(6-3)16-15-20-13-11-19(9-5-2)12-14-20/h6,11-14,21-22H,3-5,7-10,15-18,23H2,1-2H3. The summed E-state index contributed by atoms with van der Waals surface area (Å²) in [7, 11) is 0. The van der Waals surface area contributed by atoms with Crippen LogP contribution in [0.3, 0.4) is 0 Å². The van der Waals surface area contributed by atoms with Gasteiger partial charge in [0.15, 0.2) is 0 Å². The number of aryl methyl sites for hydroxylation is 2. The van der Waals surface area contributed by atoms with Gasteiger partial charge >= 0.3 is 0 Å². The summed E-state index contributed by atoms with van der Waals surface area (Å²) in [5, 5.41) is 0. The molecule has 0 aliphatic carbocycles. The van der Waals surface area contributed by atoms with Crippen LogP contribution in [0.1, 0.15) is 63.5 Å². The fourth-order valence-electron chi connectivity index (χ4n) is 3.34. The summed E-state index contributed by atoms with van der Waals surface area (Å²) in [4.78, 5) is 0. The first-order chi connectivity index (χ1) is 11.7. The Bertz CT molecular complexity index is 426. The lowest BCUT2D eigenvalue weighted by molar-refractivity contribution is 0.374. The molecule has 1 aromatic rings. The molecule has 2 N–H and O–H groups in total. The molecule has 0 saturated heterocycles. The van der Waals surface area contributed by atoms with Gasteiger partial charge in [0.1, 0.15) is 0 Å². The number of allylic oxidation sites excluding steroid dienone is 1. The topological polar surface area (TPSA) is 26.0 Å². The van der Waals surface area contributed by atoms with Crippen molar-refractivity contribution in [3.05, 3.63) is 48.0 Å². The second kappa shape index (κ2) is 13.5. The Hall–Kier alpha value is -0.730. The highest BCUT2D eigenvalue weighted by Crippen LogP contribution is 2.28. The molecule has 0 aliphatic rings. The largest absolute Gasteiger partial charge is 0.322 e. The molecule has 1 rings (SSSR count). The second-order valence-corrected chi connectivity index (χ2v) is 7.87. The Morgan fingerprint density at radius 1 is 1.00 bits per heavy atom. The van der Waals surface area contributed by atoms with E-state index in [1.54, 1.807) is 0 Å². The summed E-state index contributed by atoms with van der Waals surface area (Å²) >= 11 is 1.88. The lowest BCUT2D eigenvalue weighted by Crippen LogP contribution is -2.17. The van der Waals surface area contributed by atoms with Crippen LogP contribution in [0.2, 0.25) is 0 Å². The maximum absolute atomic E-state index is 5.71. The summed E-state index contributed by atoms with van der Waals surface area (Å²) < 4.78 is 0. The number of unbranched alkanes of at least 4 members (excludes halogenated alkanes) is 2. The Morgan fingerprint density at radius 3 is 2.21 bits per heavy atom. The van der Waals surface area contributed by atoms with Crippen LogP contribution in [0, 0.1) is 11.8 Å². The second-order valence-electron chi connectivity index (χ2n) is 6.80. The fraction of sp³-hybridized carbons (Fsp3) is 0.636. The smallest absolute Gasteiger partial charge is 0.0392 e. The lowest BCUT2D eigenvalue weighted by atomic mass is 9.85. The van der Waals surface area contributed by atoms with E-state index >= 15 is 0 Å². The van der Waals surface area contributed by atoms with E-state index in [4.69, 9.17) is 5.73 Å². The van der Waals surface area contributed by atoms with Gasteiger partial charge in [-0.15, -0.1) is 18.3 Å². The van der Waals surface area contributed by atoms with E-state index in [9.17, 15) is 0 Å². The zero-order chi connectivity index (χ0) is 17.6. The first kappa shape index (κ1) is 21.3. The van der Waals surface area contributed by atoms with Crippen LogP contribution in [0.5, 0.6) is 0 Å². The molecule has 0 aliphatic heterocycles. The molecule has 0 heterocycles. The van der Waals surface area contributed by atoms with Crippen LogP contribution >= 0.6 is 11.8 Å². The summed E-state index contributed by atoms with van der Waals surface area (Å²) in [5.74, 6) is 3.23. The predicted molar refractivity (Wildman–Crippen MR) is 112 cm³/mol. The van der Waals surface area contributed by atoms with Gasteiger partial charge in [0, 0.05) is 5.88 Å². The van der Waals surface area contributed by atoms with E-state index in [0.717, 1.165) is 18.2 Å². The zero-order valence-electron chi connectivity index (χ0n) is 15.8. The van der Waals surface area contributed by atoms with Crippen LogP contribution in [0.4, 0.5) is 0 Å². The zero-order valence-corrected chi connectivity index (χ0v) is 16.6. The van der Waals surface area contributed by atoms with Crippen molar-refractivity contribution >= 4 is 11.8 Å². The Balaban J connectivity index is 2.55. The maximum atomic E-state index is 5.71. The molecule has 1 aromatic carbocycles. The number of nitrogens with two attached hydrogens (primary N) is 1. The molecule has 0 radical (unpaired) electrons. The van der Waals surface area contributed by atoms with E-state index in [1.165, 1.54) is 61.8 Å². The third-order valence-corrected chi connectivity index (χ3v) is 5.76. The Labute approximate surface area is 154 Å². The highest BCUT2D eigenvalue weighted by molar-refractivity contribution is 7.99. The highest BCUT2D eigenvalue weighted by Gasteiger charge is 2.18. The molecule has 24 heavy (non-hydrogen) atoms. The number of benzene rings is 1. The van der Waals surface area contributed by atoms with Gasteiger partial charge in [-0.25, -0.2) is 0 Å². The number of hydrogen-bond acceptors (Lipinski definition) is 2. The van der Waals surface area contributed by atoms with Gasteiger partial charge in [0.05, 0.1) is 0 Å². The molecule has 0 bridgehead atoms. The van der Waals surface area contributed by atoms with Crippen LogP contribution in [0.15, 0.2) is 36.9 Å². The molecule has 1 nitrogen and oxygen atoms in total. The number of thioether (sulfide) groups is 1. The first-order valence-electron chi connectivity index (χ1n) is 9.73. The van der Waals surface area contributed by atoms with E-state index < -0.39 is 0 Å². The van der Waals surface area contributed by atoms with Crippen molar-refractivity contribution in [2.75, 3.05) is 11.6 Å². The monoisotopic (exact) mass is 347 g/mol. The summed E-state index contributed by atoms with van der Waals surface area (Å²) in [6.45, 7) is 8.64. The highest BCUT2D eigenvalue weighted by atomic mass is 32.2. The first-order valence-corrected chi connectivity index (χ1v) is 10.9. The van der Waals surface area contributed by atoms with Gasteiger partial charge in [-0.3, -0.25) is 0 Å².